The summed E-state index contributed by atoms with van der Waals surface area (Å²) in [6.07, 6.45) is 8.73. The van der Waals surface area contributed by atoms with Crippen LogP contribution in [0.4, 0.5) is 0 Å². The standard InChI is InChI=1S/C13H17O2P/c14-16(15)12-8-3-1-2-5-9-13-10-6-4-7-11-13/h4-7,9-11H,1-3,8,12H2/p+1. The van der Waals surface area contributed by atoms with E-state index in [1.54, 1.807) is 0 Å². The zero-order valence-electron chi connectivity index (χ0n) is 9.38. The molecule has 0 aliphatic heterocycles. The minimum absolute atomic E-state index is 0.442. The van der Waals surface area contributed by atoms with E-state index in [-0.39, 0.29) is 0 Å². The molecule has 0 amide bonds. The highest BCUT2D eigenvalue weighted by atomic mass is 31.1. The van der Waals surface area contributed by atoms with E-state index in [4.69, 9.17) is 4.89 Å². The highest BCUT2D eigenvalue weighted by Gasteiger charge is 2.07. The molecule has 3 heteroatoms. The van der Waals surface area contributed by atoms with Crippen LogP contribution in [-0.2, 0) is 4.57 Å². The second kappa shape index (κ2) is 8.20. The Bertz CT molecular complexity index is 333. The molecule has 0 bridgehead atoms. The minimum Gasteiger partial charge on any atom is -0.161 e. The van der Waals surface area contributed by atoms with Crippen LogP contribution in [0.2, 0.25) is 0 Å². The molecule has 2 nitrogen and oxygen atoms in total. The van der Waals surface area contributed by atoms with Gasteiger partial charge in [-0.1, -0.05) is 42.5 Å². The molecule has 1 unspecified atom stereocenters. The third-order valence-electron chi connectivity index (χ3n) is 2.33. The first kappa shape index (κ1) is 13.1. The molecule has 0 spiro atoms. The van der Waals surface area contributed by atoms with Gasteiger partial charge in [-0.3, -0.25) is 0 Å². The van der Waals surface area contributed by atoms with Crippen LogP contribution in [0, 0.1) is 0 Å². The number of allylic oxidation sites excluding steroid dienone is 1. The summed E-state index contributed by atoms with van der Waals surface area (Å²) in [7, 11) is -1.93. The van der Waals surface area contributed by atoms with Crippen LogP contribution >= 0.6 is 8.03 Å². The molecule has 0 heterocycles. The van der Waals surface area contributed by atoms with Crippen molar-refractivity contribution in [2.45, 2.75) is 25.7 Å². The summed E-state index contributed by atoms with van der Waals surface area (Å²) in [5.41, 5.74) is 1.22. The Morgan fingerprint density at radius 3 is 2.56 bits per heavy atom. The highest BCUT2D eigenvalue weighted by molar-refractivity contribution is 7.37. The normalized spacial score (nSPS) is 11.9. The average Bonchev–Trinajstić information content (AvgIpc) is 2.29. The second-order valence-electron chi connectivity index (χ2n) is 3.74. The fourth-order valence-corrected chi connectivity index (χ4v) is 1.96. The van der Waals surface area contributed by atoms with Gasteiger partial charge in [0.05, 0.1) is 0 Å². The number of rotatable bonds is 7. The Labute approximate surface area is 97.9 Å². The molecule has 1 atom stereocenters. The molecule has 0 saturated heterocycles. The summed E-state index contributed by atoms with van der Waals surface area (Å²) in [6, 6.07) is 10.2. The molecule has 0 fully saturated rings. The number of unbranched alkanes of at least 4 members (excludes halogenated alkanes) is 3. The van der Waals surface area contributed by atoms with Crippen LogP contribution in [0.25, 0.3) is 6.08 Å². The maximum Gasteiger partial charge on any atom is 0.505 e. The zero-order chi connectivity index (χ0) is 11.6. The third-order valence-corrected chi connectivity index (χ3v) is 3.03. The monoisotopic (exact) mass is 237 g/mol. The largest absolute Gasteiger partial charge is 0.505 e. The van der Waals surface area contributed by atoms with Crippen molar-refractivity contribution in [1.82, 2.24) is 0 Å². The molecule has 0 aliphatic rings. The fraction of sp³-hybridized carbons (Fsp3) is 0.385. The minimum atomic E-state index is -1.93. The van der Waals surface area contributed by atoms with E-state index < -0.39 is 8.03 Å². The van der Waals surface area contributed by atoms with Crippen molar-refractivity contribution >= 4 is 14.1 Å². The van der Waals surface area contributed by atoms with Gasteiger partial charge < -0.3 is 0 Å². The molecule has 1 aromatic rings. The lowest BCUT2D eigenvalue weighted by molar-refractivity contribution is 0.499. The first-order valence-electron chi connectivity index (χ1n) is 5.64. The lowest BCUT2D eigenvalue weighted by Crippen LogP contribution is -1.79. The molecule has 1 N–H and O–H groups in total. The van der Waals surface area contributed by atoms with E-state index in [1.807, 2.05) is 18.2 Å². The SMILES string of the molecule is O=[P+](O)CCCCCC=Cc1ccccc1. The van der Waals surface area contributed by atoms with Crippen molar-refractivity contribution in [3.05, 3.63) is 42.0 Å². The summed E-state index contributed by atoms with van der Waals surface area (Å²) in [5.74, 6) is 0. The van der Waals surface area contributed by atoms with Crippen LogP contribution in [0.5, 0.6) is 0 Å². The predicted octanol–water partition coefficient (Wildman–Crippen LogP) is 3.99. The van der Waals surface area contributed by atoms with Gasteiger partial charge in [-0.25, -0.2) is 0 Å². The quantitative estimate of drug-likeness (QED) is 0.575. The lowest BCUT2D eigenvalue weighted by atomic mass is 10.1. The van der Waals surface area contributed by atoms with Crippen LogP contribution in [0.1, 0.15) is 31.2 Å². The van der Waals surface area contributed by atoms with Gasteiger partial charge in [0.25, 0.3) is 0 Å². The van der Waals surface area contributed by atoms with E-state index in [0.29, 0.717) is 6.16 Å². The zero-order valence-corrected chi connectivity index (χ0v) is 10.3. The van der Waals surface area contributed by atoms with Crippen LogP contribution in [0.15, 0.2) is 36.4 Å². The topological polar surface area (TPSA) is 37.3 Å². The van der Waals surface area contributed by atoms with E-state index in [1.165, 1.54) is 5.56 Å². The van der Waals surface area contributed by atoms with Crippen molar-refractivity contribution in [2.75, 3.05) is 6.16 Å². The number of hydrogen-bond donors (Lipinski definition) is 1. The smallest absolute Gasteiger partial charge is 0.161 e. The Balaban J connectivity index is 2.07. The first-order chi connectivity index (χ1) is 7.79. The molecule has 86 valence electrons. The molecule has 1 aromatic carbocycles. The van der Waals surface area contributed by atoms with E-state index in [9.17, 15) is 4.57 Å². The van der Waals surface area contributed by atoms with Crippen LogP contribution < -0.4 is 0 Å². The van der Waals surface area contributed by atoms with Gasteiger partial charge in [0.2, 0.25) is 0 Å². The molecule has 1 rings (SSSR count). The Morgan fingerprint density at radius 2 is 1.88 bits per heavy atom. The van der Waals surface area contributed by atoms with Gasteiger partial charge in [0, 0.05) is 0 Å². The van der Waals surface area contributed by atoms with E-state index >= 15 is 0 Å². The van der Waals surface area contributed by atoms with Crippen molar-refractivity contribution in [2.24, 2.45) is 0 Å². The summed E-state index contributed by atoms with van der Waals surface area (Å²) in [5, 5.41) is 0. The van der Waals surface area contributed by atoms with E-state index in [2.05, 4.69) is 24.3 Å². The summed E-state index contributed by atoms with van der Waals surface area (Å²) < 4.78 is 10.4. The van der Waals surface area contributed by atoms with E-state index in [0.717, 1.165) is 25.7 Å². The fourth-order valence-electron chi connectivity index (χ4n) is 1.47. The molecule has 0 saturated carbocycles. The summed E-state index contributed by atoms with van der Waals surface area (Å²) >= 11 is 0. The molecular formula is C13H18O2P+. The summed E-state index contributed by atoms with van der Waals surface area (Å²) in [6.45, 7) is 0. The number of benzene rings is 1. The maximum absolute atomic E-state index is 10.4. The second-order valence-corrected chi connectivity index (χ2v) is 4.89. The van der Waals surface area contributed by atoms with Crippen molar-refractivity contribution in [3.8, 4) is 0 Å². The molecule has 0 aliphatic carbocycles. The first-order valence-corrected chi connectivity index (χ1v) is 7.04. The molecule has 0 aromatic heterocycles. The lowest BCUT2D eigenvalue weighted by Gasteiger charge is -1.93. The van der Waals surface area contributed by atoms with Crippen LogP contribution in [0.3, 0.4) is 0 Å². The average molecular weight is 237 g/mol. The Hall–Kier alpha value is -0.980. The van der Waals surface area contributed by atoms with Crippen molar-refractivity contribution < 1.29 is 9.46 Å². The predicted molar refractivity (Wildman–Crippen MR) is 68.6 cm³/mol. The van der Waals surface area contributed by atoms with Gasteiger partial charge in [-0.15, -0.1) is 0 Å². The number of hydrogen-bond acceptors (Lipinski definition) is 1. The van der Waals surface area contributed by atoms with Gasteiger partial charge in [0.15, 0.2) is 6.16 Å². The van der Waals surface area contributed by atoms with Gasteiger partial charge >= 0.3 is 8.03 Å². The van der Waals surface area contributed by atoms with Crippen LogP contribution in [-0.4, -0.2) is 11.1 Å². The Morgan fingerprint density at radius 1 is 1.12 bits per heavy atom. The third kappa shape index (κ3) is 6.49. The van der Waals surface area contributed by atoms with Crippen molar-refractivity contribution in [1.29, 1.82) is 0 Å². The van der Waals surface area contributed by atoms with Gasteiger partial charge in [-0.2, -0.15) is 4.89 Å². The molecule has 16 heavy (non-hydrogen) atoms. The molecule has 0 radical (unpaired) electrons. The highest BCUT2D eigenvalue weighted by Crippen LogP contribution is 2.16. The maximum atomic E-state index is 10.4. The van der Waals surface area contributed by atoms with Crippen molar-refractivity contribution in [3.63, 3.8) is 0 Å². The van der Waals surface area contributed by atoms with Gasteiger partial charge in [-0.05, 0) is 35.8 Å². The Kier molecular flexibility index (Phi) is 6.71. The molecular weight excluding hydrogens is 219 g/mol. The van der Waals surface area contributed by atoms with Gasteiger partial charge in [0.1, 0.15) is 0 Å². The summed E-state index contributed by atoms with van der Waals surface area (Å²) in [4.78, 5) is 8.60.